The van der Waals surface area contributed by atoms with Gasteiger partial charge in [-0.05, 0) is 68.2 Å². The summed E-state index contributed by atoms with van der Waals surface area (Å²) < 4.78 is 0. The molecule has 0 spiro atoms. The van der Waals surface area contributed by atoms with Crippen LogP contribution < -0.4 is 5.32 Å². The predicted molar refractivity (Wildman–Crippen MR) is 74.5 cm³/mol. The molecule has 18 heavy (non-hydrogen) atoms. The summed E-state index contributed by atoms with van der Waals surface area (Å²) in [5.41, 5.74) is 0.707. The highest BCUT2D eigenvalue weighted by atomic mass is 15.2. The molecule has 0 aromatic heterocycles. The minimum absolute atomic E-state index is 0.707. The average Bonchev–Trinajstić information content (AvgIpc) is 2.37. The summed E-state index contributed by atoms with van der Waals surface area (Å²) in [6, 6.07) is 0.852. The molecule has 1 aliphatic heterocycles. The highest BCUT2D eigenvalue weighted by molar-refractivity contribution is 5.07. The van der Waals surface area contributed by atoms with Gasteiger partial charge in [-0.2, -0.15) is 0 Å². The molecule has 1 saturated heterocycles. The van der Waals surface area contributed by atoms with Crippen LogP contribution in [-0.4, -0.2) is 37.1 Å². The predicted octanol–water partition coefficient (Wildman–Crippen LogP) is 2.50. The molecular formula is C16H28N2. The summed E-state index contributed by atoms with van der Waals surface area (Å²) in [5.74, 6) is 3.28. The number of hydrogen-bond donors (Lipinski definition) is 1. The van der Waals surface area contributed by atoms with Crippen molar-refractivity contribution in [2.45, 2.75) is 51.5 Å². The van der Waals surface area contributed by atoms with Gasteiger partial charge in [-0.15, -0.1) is 0 Å². The summed E-state index contributed by atoms with van der Waals surface area (Å²) >= 11 is 0. The van der Waals surface area contributed by atoms with E-state index in [0.717, 1.165) is 23.8 Å². The van der Waals surface area contributed by atoms with Gasteiger partial charge in [-0.25, -0.2) is 0 Å². The molecule has 4 bridgehead atoms. The van der Waals surface area contributed by atoms with Gasteiger partial charge in [0.15, 0.2) is 0 Å². The fourth-order valence-corrected chi connectivity index (χ4v) is 6.31. The van der Waals surface area contributed by atoms with Crippen molar-refractivity contribution in [1.82, 2.24) is 10.2 Å². The maximum absolute atomic E-state index is 3.68. The number of hydrogen-bond acceptors (Lipinski definition) is 2. The van der Waals surface area contributed by atoms with Gasteiger partial charge in [-0.3, -0.25) is 4.90 Å². The van der Waals surface area contributed by atoms with Crippen LogP contribution in [0.25, 0.3) is 0 Å². The van der Waals surface area contributed by atoms with E-state index in [1.165, 1.54) is 26.2 Å². The van der Waals surface area contributed by atoms with Gasteiger partial charge < -0.3 is 5.32 Å². The third kappa shape index (κ3) is 1.68. The maximum Gasteiger partial charge on any atom is 0.0277 e. The van der Waals surface area contributed by atoms with E-state index in [1.54, 1.807) is 38.5 Å². The molecule has 5 aliphatic rings. The van der Waals surface area contributed by atoms with E-state index < -0.39 is 0 Å². The fraction of sp³-hybridized carbons (Fsp3) is 1.00. The van der Waals surface area contributed by atoms with Crippen molar-refractivity contribution in [2.75, 3.05) is 26.2 Å². The molecule has 4 saturated carbocycles. The molecule has 2 nitrogen and oxygen atoms in total. The molecule has 5 rings (SSSR count). The van der Waals surface area contributed by atoms with Gasteiger partial charge in [0.2, 0.25) is 0 Å². The summed E-state index contributed by atoms with van der Waals surface area (Å²) in [7, 11) is 0. The van der Waals surface area contributed by atoms with Crippen LogP contribution in [0.5, 0.6) is 0 Å². The first-order chi connectivity index (χ1) is 8.79. The highest BCUT2D eigenvalue weighted by Gasteiger charge is 2.55. The van der Waals surface area contributed by atoms with Crippen molar-refractivity contribution in [3.05, 3.63) is 0 Å². The number of nitrogens with zero attached hydrogens (tertiary/aromatic N) is 1. The van der Waals surface area contributed by atoms with Crippen LogP contribution in [0.4, 0.5) is 0 Å². The quantitative estimate of drug-likeness (QED) is 0.808. The lowest BCUT2D eigenvalue weighted by Gasteiger charge is -2.61. The van der Waals surface area contributed by atoms with Crippen molar-refractivity contribution in [2.24, 2.45) is 23.2 Å². The molecular weight excluding hydrogens is 220 g/mol. The Morgan fingerprint density at radius 2 is 1.67 bits per heavy atom. The van der Waals surface area contributed by atoms with Crippen molar-refractivity contribution >= 4 is 0 Å². The minimum atomic E-state index is 0.707. The van der Waals surface area contributed by atoms with Crippen LogP contribution in [0.15, 0.2) is 0 Å². The number of likely N-dealkylation sites (N-methyl/N-ethyl adjacent to an activating group) is 1. The zero-order valence-electron chi connectivity index (χ0n) is 11.8. The normalized spacial score (nSPS) is 51.8. The average molecular weight is 248 g/mol. The molecule has 1 heterocycles. The van der Waals surface area contributed by atoms with Gasteiger partial charge in [0, 0.05) is 25.7 Å². The lowest BCUT2D eigenvalue weighted by molar-refractivity contribution is -0.105. The Morgan fingerprint density at radius 1 is 1.06 bits per heavy atom. The third-order valence-electron chi connectivity index (χ3n) is 6.55. The minimum Gasteiger partial charge on any atom is -0.314 e. The second kappa shape index (κ2) is 4.21. The Kier molecular flexibility index (Phi) is 2.74. The van der Waals surface area contributed by atoms with E-state index in [1.807, 2.05) is 0 Å². The summed E-state index contributed by atoms with van der Waals surface area (Å²) in [6.07, 6.45) is 9.40. The molecule has 0 amide bonds. The van der Waals surface area contributed by atoms with Crippen molar-refractivity contribution in [3.8, 4) is 0 Å². The molecule has 1 atom stereocenters. The van der Waals surface area contributed by atoms with Gasteiger partial charge in [-0.1, -0.05) is 6.92 Å². The van der Waals surface area contributed by atoms with E-state index in [9.17, 15) is 0 Å². The SMILES string of the molecule is CCN1CCNCC1C12CC3CC(CC(C3)C1)C2. The molecule has 1 N–H and O–H groups in total. The van der Waals surface area contributed by atoms with Crippen molar-refractivity contribution in [3.63, 3.8) is 0 Å². The van der Waals surface area contributed by atoms with Crippen molar-refractivity contribution in [1.29, 1.82) is 0 Å². The second-order valence-corrected chi connectivity index (χ2v) is 7.63. The third-order valence-corrected chi connectivity index (χ3v) is 6.55. The fourth-order valence-electron chi connectivity index (χ4n) is 6.31. The first-order valence-corrected chi connectivity index (χ1v) is 8.24. The first kappa shape index (κ1) is 11.7. The Balaban J connectivity index is 1.62. The van der Waals surface area contributed by atoms with Gasteiger partial charge >= 0.3 is 0 Å². The molecule has 1 unspecified atom stereocenters. The number of piperazine rings is 1. The molecule has 0 aromatic rings. The number of nitrogens with one attached hydrogen (secondary N) is 1. The van der Waals surface area contributed by atoms with Crippen LogP contribution in [0.3, 0.4) is 0 Å². The van der Waals surface area contributed by atoms with Gasteiger partial charge in [0.1, 0.15) is 0 Å². The topological polar surface area (TPSA) is 15.3 Å². The number of rotatable bonds is 2. The van der Waals surface area contributed by atoms with Gasteiger partial charge in [0.05, 0.1) is 0 Å². The smallest absolute Gasteiger partial charge is 0.0277 e. The molecule has 4 aliphatic carbocycles. The van der Waals surface area contributed by atoms with E-state index in [2.05, 4.69) is 17.1 Å². The van der Waals surface area contributed by atoms with Crippen LogP contribution in [0.1, 0.15) is 45.4 Å². The standard InChI is InChI=1S/C16H28N2/c1-2-18-4-3-17-11-15(18)16-8-12-5-13(9-16)7-14(6-12)10-16/h12-15,17H,2-11H2,1H3. The lowest BCUT2D eigenvalue weighted by atomic mass is 9.47. The molecule has 0 aromatic carbocycles. The lowest BCUT2D eigenvalue weighted by Crippen LogP contribution is -2.63. The highest BCUT2D eigenvalue weighted by Crippen LogP contribution is 2.62. The molecule has 5 fully saturated rings. The second-order valence-electron chi connectivity index (χ2n) is 7.63. The van der Waals surface area contributed by atoms with Crippen LogP contribution in [-0.2, 0) is 0 Å². The first-order valence-electron chi connectivity index (χ1n) is 8.24. The maximum atomic E-state index is 3.68. The zero-order chi connectivity index (χ0) is 12.2. The zero-order valence-corrected chi connectivity index (χ0v) is 11.8. The Bertz CT molecular complexity index is 290. The van der Waals surface area contributed by atoms with Gasteiger partial charge in [0.25, 0.3) is 0 Å². The van der Waals surface area contributed by atoms with E-state index in [0.29, 0.717) is 5.41 Å². The van der Waals surface area contributed by atoms with E-state index in [-0.39, 0.29) is 0 Å². The summed E-state index contributed by atoms with van der Waals surface area (Å²) in [6.45, 7) is 7.37. The molecule has 0 radical (unpaired) electrons. The van der Waals surface area contributed by atoms with E-state index in [4.69, 9.17) is 0 Å². The monoisotopic (exact) mass is 248 g/mol. The Labute approximate surface area is 111 Å². The van der Waals surface area contributed by atoms with E-state index >= 15 is 0 Å². The van der Waals surface area contributed by atoms with Crippen molar-refractivity contribution < 1.29 is 0 Å². The Hall–Kier alpha value is -0.0800. The molecule has 2 heteroatoms. The Morgan fingerprint density at radius 3 is 2.22 bits per heavy atom. The summed E-state index contributed by atoms with van der Waals surface area (Å²) in [4.78, 5) is 2.80. The van der Waals surface area contributed by atoms with Crippen LogP contribution in [0, 0.1) is 23.2 Å². The van der Waals surface area contributed by atoms with Crippen LogP contribution in [0.2, 0.25) is 0 Å². The summed E-state index contributed by atoms with van der Waals surface area (Å²) in [5, 5.41) is 3.68. The largest absolute Gasteiger partial charge is 0.314 e. The van der Waals surface area contributed by atoms with Crippen LogP contribution >= 0.6 is 0 Å². The molecule has 102 valence electrons.